The average molecular weight is 316 g/mol. The Morgan fingerprint density at radius 2 is 2.09 bits per heavy atom. The van der Waals surface area contributed by atoms with Gasteiger partial charge in [-0.3, -0.25) is 9.59 Å². The smallest absolute Gasteiger partial charge is 0.315 e. The van der Waals surface area contributed by atoms with Crippen LogP contribution in [0.5, 0.6) is 0 Å². The van der Waals surface area contributed by atoms with Crippen molar-refractivity contribution in [3.63, 3.8) is 0 Å². The maximum atomic E-state index is 12.7. The van der Waals surface area contributed by atoms with Gasteiger partial charge in [-0.1, -0.05) is 25.5 Å². The van der Waals surface area contributed by atoms with Crippen LogP contribution in [0.4, 0.5) is 0 Å². The van der Waals surface area contributed by atoms with Crippen LogP contribution in [-0.4, -0.2) is 19.4 Å². The van der Waals surface area contributed by atoms with Crippen LogP contribution in [0.1, 0.15) is 58.8 Å². The molecule has 3 atom stereocenters. The van der Waals surface area contributed by atoms with Crippen LogP contribution in [0, 0.1) is 23.2 Å². The molecule has 0 aromatic heterocycles. The van der Waals surface area contributed by atoms with Crippen LogP contribution < -0.4 is 0 Å². The van der Waals surface area contributed by atoms with Gasteiger partial charge in [0.2, 0.25) is 0 Å². The highest BCUT2D eigenvalue weighted by Crippen LogP contribution is 2.59. The van der Waals surface area contributed by atoms with E-state index in [0.717, 1.165) is 56.8 Å². The first-order valence-corrected chi connectivity index (χ1v) is 8.99. The maximum Gasteiger partial charge on any atom is 0.315 e. The van der Waals surface area contributed by atoms with E-state index in [1.165, 1.54) is 18.3 Å². The standard InChI is InChI=1S/C20H28O3/c1-13(2)16-9-11-20(19(22)23-3)10-8-15-6-4-14(12-21)5-7-17(15)18(16)20/h5,12-13,15,17H,4,6-11H2,1-3H3. The molecule has 126 valence electrons. The van der Waals surface area contributed by atoms with E-state index in [4.69, 9.17) is 4.74 Å². The molecule has 0 bridgehead atoms. The highest BCUT2D eigenvalue weighted by atomic mass is 16.5. The molecule has 3 aliphatic carbocycles. The van der Waals surface area contributed by atoms with Gasteiger partial charge in [0.15, 0.2) is 0 Å². The summed E-state index contributed by atoms with van der Waals surface area (Å²) in [6.45, 7) is 4.48. The van der Waals surface area contributed by atoms with Gasteiger partial charge in [-0.15, -0.1) is 0 Å². The molecule has 0 heterocycles. The molecule has 3 heteroatoms. The number of carbonyl (C=O) groups is 2. The third kappa shape index (κ3) is 2.58. The number of hydrogen-bond donors (Lipinski definition) is 0. The molecule has 0 aliphatic heterocycles. The van der Waals surface area contributed by atoms with Crippen molar-refractivity contribution in [2.75, 3.05) is 7.11 Å². The molecular weight excluding hydrogens is 288 g/mol. The minimum atomic E-state index is -0.380. The lowest BCUT2D eigenvalue weighted by atomic mass is 9.60. The molecule has 0 amide bonds. The molecule has 0 aromatic carbocycles. The van der Waals surface area contributed by atoms with Crippen molar-refractivity contribution in [3.8, 4) is 0 Å². The van der Waals surface area contributed by atoms with Crippen molar-refractivity contribution < 1.29 is 14.3 Å². The molecule has 3 rings (SSSR count). The molecule has 3 unspecified atom stereocenters. The fraction of sp³-hybridized carbons (Fsp3) is 0.700. The summed E-state index contributed by atoms with van der Waals surface area (Å²) in [5, 5.41) is 0. The summed E-state index contributed by atoms with van der Waals surface area (Å²) in [5.41, 5.74) is 3.43. The first-order chi connectivity index (χ1) is 11.0. The van der Waals surface area contributed by atoms with Crippen LogP contribution in [0.25, 0.3) is 0 Å². The van der Waals surface area contributed by atoms with Gasteiger partial charge in [-0.25, -0.2) is 0 Å². The fourth-order valence-electron chi connectivity index (χ4n) is 5.25. The maximum absolute atomic E-state index is 12.7. The van der Waals surface area contributed by atoms with Crippen molar-refractivity contribution in [2.24, 2.45) is 23.2 Å². The second-order valence-corrected chi connectivity index (χ2v) is 7.74. The molecule has 0 aromatic rings. The summed E-state index contributed by atoms with van der Waals surface area (Å²) in [7, 11) is 1.52. The zero-order chi connectivity index (χ0) is 16.6. The Hall–Kier alpha value is -1.38. The Bertz CT molecular complexity index is 569. The topological polar surface area (TPSA) is 43.4 Å². The van der Waals surface area contributed by atoms with E-state index in [-0.39, 0.29) is 11.4 Å². The van der Waals surface area contributed by atoms with E-state index in [0.29, 0.717) is 17.8 Å². The molecule has 23 heavy (non-hydrogen) atoms. The van der Waals surface area contributed by atoms with Crippen molar-refractivity contribution in [2.45, 2.75) is 58.8 Å². The SMILES string of the molecule is COC(=O)C12CCC(C(C)C)=C1C1CC=C(C=O)CCC1CC2. The van der Waals surface area contributed by atoms with E-state index in [2.05, 4.69) is 19.9 Å². The monoisotopic (exact) mass is 316 g/mol. The molecule has 3 aliphatic rings. The molecule has 0 spiro atoms. The first-order valence-electron chi connectivity index (χ1n) is 8.99. The number of rotatable bonds is 3. The quantitative estimate of drug-likeness (QED) is 0.444. The van der Waals surface area contributed by atoms with Crippen LogP contribution in [-0.2, 0) is 14.3 Å². The number of carbonyl (C=O) groups excluding carboxylic acids is 2. The molecule has 1 fully saturated rings. The number of aldehydes is 1. The lowest BCUT2D eigenvalue weighted by Gasteiger charge is -2.43. The van der Waals surface area contributed by atoms with E-state index in [1.807, 2.05) is 0 Å². The predicted octanol–water partition coefficient (Wildman–Crippen LogP) is 4.23. The van der Waals surface area contributed by atoms with E-state index in [1.54, 1.807) is 0 Å². The Morgan fingerprint density at radius 1 is 1.30 bits per heavy atom. The van der Waals surface area contributed by atoms with Crippen LogP contribution in [0.3, 0.4) is 0 Å². The summed E-state index contributed by atoms with van der Waals surface area (Å²) >= 11 is 0. The molecule has 0 radical (unpaired) electrons. The second-order valence-electron chi connectivity index (χ2n) is 7.74. The zero-order valence-electron chi connectivity index (χ0n) is 14.6. The van der Waals surface area contributed by atoms with Crippen LogP contribution >= 0.6 is 0 Å². The minimum absolute atomic E-state index is 0.0366. The van der Waals surface area contributed by atoms with E-state index in [9.17, 15) is 9.59 Å². The number of methoxy groups -OCH3 is 1. The Balaban J connectivity index is 2.06. The van der Waals surface area contributed by atoms with Gasteiger partial charge in [0, 0.05) is 0 Å². The number of allylic oxidation sites excluding steroid dienone is 3. The van der Waals surface area contributed by atoms with Crippen LogP contribution in [0.2, 0.25) is 0 Å². The van der Waals surface area contributed by atoms with Gasteiger partial charge in [0.1, 0.15) is 6.29 Å². The highest BCUT2D eigenvalue weighted by molar-refractivity contribution is 5.82. The van der Waals surface area contributed by atoms with Crippen molar-refractivity contribution in [1.82, 2.24) is 0 Å². The van der Waals surface area contributed by atoms with Gasteiger partial charge in [0.05, 0.1) is 12.5 Å². The number of ether oxygens (including phenoxy) is 1. The second kappa shape index (κ2) is 6.26. The van der Waals surface area contributed by atoms with E-state index >= 15 is 0 Å². The van der Waals surface area contributed by atoms with Crippen molar-refractivity contribution in [3.05, 3.63) is 22.8 Å². The van der Waals surface area contributed by atoms with Gasteiger partial charge < -0.3 is 4.74 Å². The molecule has 3 nitrogen and oxygen atoms in total. The largest absolute Gasteiger partial charge is 0.468 e. The summed E-state index contributed by atoms with van der Waals surface area (Å²) in [4.78, 5) is 23.9. The van der Waals surface area contributed by atoms with Crippen molar-refractivity contribution >= 4 is 12.3 Å². The molecular formula is C20H28O3. The van der Waals surface area contributed by atoms with Crippen LogP contribution in [0.15, 0.2) is 22.8 Å². The molecule has 0 saturated heterocycles. The lowest BCUT2D eigenvalue weighted by Crippen LogP contribution is -2.41. The number of hydrogen-bond acceptors (Lipinski definition) is 3. The van der Waals surface area contributed by atoms with E-state index < -0.39 is 0 Å². The minimum Gasteiger partial charge on any atom is -0.468 e. The predicted molar refractivity (Wildman–Crippen MR) is 89.8 cm³/mol. The Labute approximate surface area is 139 Å². The Morgan fingerprint density at radius 3 is 2.74 bits per heavy atom. The highest BCUT2D eigenvalue weighted by Gasteiger charge is 2.54. The number of esters is 1. The summed E-state index contributed by atoms with van der Waals surface area (Å²) in [6, 6.07) is 0. The summed E-state index contributed by atoms with van der Waals surface area (Å²) in [5.74, 6) is 1.46. The first kappa shape index (κ1) is 16.5. The summed E-state index contributed by atoms with van der Waals surface area (Å²) in [6.07, 6.45) is 9.93. The Kier molecular flexibility index (Phi) is 4.48. The third-order valence-electron chi connectivity index (χ3n) is 6.43. The van der Waals surface area contributed by atoms with Gasteiger partial charge in [0.25, 0.3) is 0 Å². The summed E-state index contributed by atoms with van der Waals surface area (Å²) < 4.78 is 5.23. The third-order valence-corrected chi connectivity index (χ3v) is 6.43. The molecule has 0 N–H and O–H groups in total. The van der Waals surface area contributed by atoms with Crippen molar-refractivity contribution in [1.29, 1.82) is 0 Å². The normalized spacial score (nSPS) is 33.7. The van der Waals surface area contributed by atoms with Gasteiger partial charge >= 0.3 is 5.97 Å². The number of fused-ring (bicyclic) bond motifs is 3. The molecule has 1 saturated carbocycles. The van der Waals surface area contributed by atoms with Gasteiger partial charge in [-0.05, 0) is 73.8 Å². The average Bonchev–Trinajstić information content (AvgIpc) is 2.84. The fourth-order valence-corrected chi connectivity index (χ4v) is 5.25. The van der Waals surface area contributed by atoms with Gasteiger partial charge in [-0.2, -0.15) is 0 Å². The zero-order valence-corrected chi connectivity index (χ0v) is 14.6. The lowest BCUT2D eigenvalue weighted by molar-refractivity contribution is -0.152.